The van der Waals surface area contributed by atoms with E-state index in [1.807, 2.05) is 23.6 Å². The van der Waals surface area contributed by atoms with Crippen LogP contribution < -0.4 is 5.32 Å². The van der Waals surface area contributed by atoms with E-state index in [4.69, 9.17) is 0 Å². The van der Waals surface area contributed by atoms with Crippen LogP contribution in [0.4, 0.5) is 0 Å². The van der Waals surface area contributed by atoms with Gasteiger partial charge >= 0.3 is 0 Å². The maximum absolute atomic E-state index is 4.39. The van der Waals surface area contributed by atoms with Crippen LogP contribution in [0.25, 0.3) is 0 Å². The second-order valence-electron chi connectivity index (χ2n) is 4.44. The summed E-state index contributed by atoms with van der Waals surface area (Å²) in [6.07, 6.45) is 4.00. The van der Waals surface area contributed by atoms with Crippen LogP contribution in [0.1, 0.15) is 35.5 Å². The molecule has 2 heterocycles. The Hall–Kier alpha value is -1.19. The Kier molecular flexibility index (Phi) is 4.90. The molecular weight excluding hydrogens is 240 g/mol. The highest BCUT2D eigenvalue weighted by molar-refractivity contribution is 7.10. The lowest BCUT2D eigenvalue weighted by Crippen LogP contribution is -2.21. The van der Waals surface area contributed by atoms with Gasteiger partial charge in [-0.25, -0.2) is 0 Å². The summed E-state index contributed by atoms with van der Waals surface area (Å²) in [7, 11) is 0. The highest BCUT2D eigenvalue weighted by atomic mass is 32.1. The number of pyridine rings is 1. The third-order valence-electron chi connectivity index (χ3n) is 3.08. The van der Waals surface area contributed by atoms with Gasteiger partial charge in [-0.15, -0.1) is 11.3 Å². The third-order valence-corrected chi connectivity index (χ3v) is 4.22. The quantitative estimate of drug-likeness (QED) is 0.856. The molecule has 1 unspecified atom stereocenters. The van der Waals surface area contributed by atoms with Crippen molar-refractivity contribution >= 4 is 11.3 Å². The highest BCUT2D eigenvalue weighted by Gasteiger charge is 2.14. The average molecular weight is 260 g/mol. The number of nitrogens with zero attached hydrogens (tertiary/aromatic N) is 1. The molecule has 2 nitrogen and oxygen atoms in total. The first kappa shape index (κ1) is 13.2. The van der Waals surface area contributed by atoms with Crippen molar-refractivity contribution in [1.29, 1.82) is 0 Å². The Morgan fingerprint density at radius 1 is 1.33 bits per heavy atom. The highest BCUT2D eigenvalue weighted by Crippen LogP contribution is 2.27. The fraction of sp³-hybridized carbons (Fsp3) is 0.400. The molecule has 1 atom stereocenters. The van der Waals surface area contributed by atoms with Gasteiger partial charge in [0, 0.05) is 22.8 Å². The summed E-state index contributed by atoms with van der Waals surface area (Å²) in [5.74, 6) is 0. The molecule has 0 aromatic carbocycles. The molecule has 96 valence electrons. The normalized spacial score (nSPS) is 12.6. The Bertz CT molecular complexity index is 464. The van der Waals surface area contributed by atoms with Gasteiger partial charge in [0.2, 0.25) is 0 Å². The van der Waals surface area contributed by atoms with E-state index >= 15 is 0 Å². The molecule has 0 saturated heterocycles. The molecule has 18 heavy (non-hydrogen) atoms. The minimum atomic E-state index is 0.456. The molecule has 0 spiro atoms. The predicted octanol–water partition coefficient (Wildman–Crippen LogP) is 3.73. The van der Waals surface area contributed by atoms with Crippen LogP contribution in [-0.2, 0) is 6.42 Å². The molecule has 0 amide bonds. The first-order chi connectivity index (χ1) is 8.81. The van der Waals surface area contributed by atoms with E-state index < -0.39 is 0 Å². The smallest absolute Gasteiger partial charge is 0.0421 e. The van der Waals surface area contributed by atoms with Crippen LogP contribution in [0.3, 0.4) is 0 Å². The first-order valence-corrected chi connectivity index (χ1v) is 7.36. The molecule has 2 rings (SSSR count). The van der Waals surface area contributed by atoms with Gasteiger partial charge in [-0.3, -0.25) is 4.98 Å². The SMILES string of the molecule is CCNC(CCc1ccccn1)c1sccc1C. The zero-order valence-corrected chi connectivity index (χ0v) is 11.8. The summed E-state index contributed by atoms with van der Waals surface area (Å²) >= 11 is 1.85. The average Bonchev–Trinajstić information content (AvgIpc) is 2.82. The second kappa shape index (κ2) is 6.66. The number of thiophene rings is 1. The third kappa shape index (κ3) is 3.40. The fourth-order valence-corrected chi connectivity index (χ4v) is 3.19. The zero-order valence-electron chi connectivity index (χ0n) is 11.0. The summed E-state index contributed by atoms with van der Waals surface area (Å²) in [4.78, 5) is 5.86. The standard InChI is InChI=1S/C15H20N2S/c1-3-16-14(15-12(2)9-11-18-15)8-7-13-6-4-5-10-17-13/h4-6,9-11,14,16H,3,7-8H2,1-2H3. The summed E-state index contributed by atoms with van der Waals surface area (Å²) in [6.45, 7) is 5.36. The molecule has 3 heteroatoms. The number of nitrogens with one attached hydrogen (secondary N) is 1. The van der Waals surface area contributed by atoms with Gasteiger partial charge in [0.25, 0.3) is 0 Å². The molecule has 0 radical (unpaired) electrons. The van der Waals surface area contributed by atoms with Crippen molar-refractivity contribution in [3.05, 3.63) is 52.0 Å². The largest absolute Gasteiger partial charge is 0.310 e. The van der Waals surface area contributed by atoms with Gasteiger partial charge in [0.05, 0.1) is 0 Å². The second-order valence-corrected chi connectivity index (χ2v) is 5.39. The molecule has 0 fully saturated rings. The van der Waals surface area contributed by atoms with Crippen LogP contribution in [-0.4, -0.2) is 11.5 Å². The maximum atomic E-state index is 4.39. The monoisotopic (exact) mass is 260 g/mol. The molecule has 0 aliphatic rings. The maximum Gasteiger partial charge on any atom is 0.0421 e. The minimum absolute atomic E-state index is 0.456. The zero-order chi connectivity index (χ0) is 12.8. The topological polar surface area (TPSA) is 24.9 Å². The van der Waals surface area contributed by atoms with Crippen molar-refractivity contribution in [3.63, 3.8) is 0 Å². The van der Waals surface area contributed by atoms with Crippen molar-refractivity contribution in [3.8, 4) is 0 Å². The first-order valence-electron chi connectivity index (χ1n) is 6.48. The lowest BCUT2D eigenvalue weighted by molar-refractivity contribution is 0.518. The van der Waals surface area contributed by atoms with Gasteiger partial charge in [-0.1, -0.05) is 13.0 Å². The Labute approximate surface area is 113 Å². The van der Waals surface area contributed by atoms with Gasteiger partial charge in [0.1, 0.15) is 0 Å². The van der Waals surface area contributed by atoms with E-state index in [-0.39, 0.29) is 0 Å². The lowest BCUT2D eigenvalue weighted by atomic mass is 10.1. The van der Waals surface area contributed by atoms with Gasteiger partial charge in [0.15, 0.2) is 0 Å². The number of hydrogen-bond acceptors (Lipinski definition) is 3. The van der Waals surface area contributed by atoms with Crippen molar-refractivity contribution < 1.29 is 0 Å². The number of rotatable bonds is 6. The van der Waals surface area contributed by atoms with Crippen molar-refractivity contribution in [1.82, 2.24) is 10.3 Å². The molecule has 0 aliphatic heterocycles. The number of hydrogen-bond donors (Lipinski definition) is 1. The summed E-state index contributed by atoms with van der Waals surface area (Å²) in [6, 6.07) is 8.78. The van der Waals surface area contributed by atoms with Crippen LogP contribution in [0.5, 0.6) is 0 Å². The summed E-state index contributed by atoms with van der Waals surface area (Å²) in [5, 5.41) is 5.76. The summed E-state index contributed by atoms with van der Waals surface area (Å²) in [5.41, 5.74) is 2.57. The molecule has 0 saturated carbocycles. The van der Waals surface area contributed by atoms with Crippen LogP contribution in [0, 0.1) is 6.92 Å². The van der Waals surface area contributed by atoms with E-state index in [9.17, 15) is 0 Å². The van der Waals surface area contributed by atoms with Crippen molar-refractivity contribution in [2.24, 2.45) is 0 Å². The van der Waals surface area contributed by atoms with Gasteiger partial charge < -0.3 is 5.32 Å². The van der Waals surface area contributed by atoms with Crippen molar-refractivity contribution in [2.45, 2.75) is 32.7 Å². The number of aromatic nitrogens is 1. The molecule has 2 aromatic heterocycles. The lowest BCUT2D eigenvalue weighted by Gasteiger charge is -2.17. The van der Waals surface area contributed by atoms with E-state index in [2.05, 4.69) is 47.7 Å². The number of aryl methyl sites for hydroxylation is 2. The molecular formula is C15H20N2S. The fourth-order valence-electron chi connectivity index (χ4n) is 2.15. The molecule has 0 bridgehead atoms. The van der Waals surface area contributed by atoms with Crippen LogP contribution in [0.15, 0.2) is 35.8 Å². The molecule has 1 N–H and O–H groups in total. The Morgan fingerprint density at radius 2 is 2.22 bits per heavy atom. The van der Waals surface area contributed by atoms with Gasteiger partial charge in [-0.2, -0.15) is 0 Å². The van der Waals surface area contributed by atoms with E-state index in [0.29, 0.717) is 6.04 Å². The van der Waals surface area contributed by atoms with Crippen molar-refractivity contribution in [2.75, 3.05) is 6.54 Å². The van der Waals surface area contributed by atoms with E-state index in [1.54, 1.807) is 0 Å². The predicted molar refractivity (Wildman–Crippen MR) is 78.0 cm³/mol. The van der Waals surface area contributed by atoms with E-state index in [1.165, 1.54) is 16.1 Å². The minimum Gasteiger partial charge on any atom is -0.310 e. The van der Waals surface area contributed by atoms with Crippen LogP contribution >= 0.6 is 11.3 Å². The molecule has 2 aromatic rings. The molecule has 0 aliphatic carbocycles. The van der Waals surface area contributed by atoms with Gasteiger partial charge in [-0.05, 0) is 55.5 Å². The Balaban J connectivity index is 2.01. The Morgan fingerprint density at radius 3 is 2.83 bits per heavy atom. The van der Waals surface area contributed by atoms with E-state index in [0.717, 1.165) is 19.4 Å². The van der Waals surface area contributed by atoms with Crippen LogP contribution in [0.2, 0.25) is 0 Å². The summed E-state index contributed by atoms with van der Waals surface area (Å²) < 4.78 is 0.